The smallest absolute Gasteiger partial charge is 0.214 e. The number of hydrogen-bond donors (Lipinski definition) is 2. The summed E-state index contributed by atoms with van der Waals surface area (Å²) in [6.07, 6.45) is 10.3. The Morgan fingerprint density at radius 1 is 0.485 bits per heavy atom. The van der Waals surface area contributed by atoms with Crippen LogP contribution < -0.4 is 49.4 Å². The van der Waals surface area contributed by atoms with Gasteiger partial charge in [0.05, 0.1) is 75.0 Å². The molecular formula is C46H46N16O4. The lowest BCUT2D eigenvalue weighted by atomic mass is 10.2. The van der Waals surface area contributed by atoms with Crippen LogP contribution in [0.25, 0.3) is 44.6 Å². The maximum Gasteiger partial charge on any atom is 0.214 e. The van der Waals surface area contributed by atoms with Gasteiger partial charge in [-0.05, 0) is 36.4 Å². The number of nitrogens with one attached hydrogen (secondary N) is 2. The van der Waals surface area contributed by atoms with Gasteiger partial charge in [0.15, 0.2) is 34.9 Å². The molecule has 2 aliphatic heterocycles. The van der Waals surface area contributed by atoms with E-state index in [1.165, 1.54) is 0 Å². The van der Waals surface area contributed by atoms with Gasteiger partial charge in [0, 0.05) is 88.0 Å². The molecule has 0 aromatic carbocycles. The third-order valence-corrected chi connectivity index (χ3v) is 11.3. The largest absolute Gasteiger partial charge is 0.494 e. The number of anilines is 6. The SMILES string of the molecule is COc1cccc(N(c2cc(-c3nc(N4CCNCC4)c4c(OC)cncc4n3)ccn2)N(c2cc(-c3nc(N4CCNCC4)c4c(OC)cncc4n3)ccn2)c2cccc(OC)n2)n1. The van der Waals surface area contributed by atoms with Crippen LogP contribution in [-0.2, 0) is 0 Å². The minimum Gasteiger partial charge on any atom is -0.494 e. The van der Waals surface area contributed by atoms with Crippen LogP contribution in [-0.4, -0.2) is 131 Å². The van der Waals surface area contributed by atoms with E-state index in [2.05, 4.69) is 30.4 Å². The van der Waals surface area contributed by atoms with Crippen LogP contribution in [0.3, 0.4) is 0 Å². The lowest BCUT2D eigenvalue weighted by molar-refractivity contribution is 0.397. The molecule has 20 heteroatoms. The maximum absolute atomic E-state index is 5.78. The van der Waals surface area contributed by atoms with Gasteiger partial charge in [-0.3, -0.25) is 9.97 Å². The van der Waals surface area contributed by atoms with Gasteiger partial charge in [-0.2, -0.15) is 9.97 Å². The monoisotopic (exact) mass is 886 g/mol. The highest BCUT2D eigenvalue weighted by Gasteiger charge is 2.29. The Bertz CT molecular complexity index is 2820. The molecule has 2 aliphatic rings. The van der Waals surface area contributed by atoms with Crippen LogP contribution in [0, 0.1) is 0 Å². The first-order valence-electron chi connectivity index (χ1n) is 21.4. The van der Waals surface area contributed by atoms with E-state index in [-0.39, 0.29) is 0 Å². The van der Waals surface area contributed by atoms with Gasteiger partial charge in [0.25, 0.3) is 0 Å². The molecule has 334 valence electrons. The van der Waals surface area contributed by atoms with Gasteiger partial charge < -0.3 is 39.4 Å². The number of hydrazine groups is 1. The van der Waals surface area contributed by atoms with Crippen LogP contribution in [0.2, 0.25) is 0 Å². The molecule has 2 saturated heterocycles. The number of methoxy groups -OCH3 is 4. The fourth-order valence-electron chi connectivity index (χ4n) is 8.11. The number of fused-ring (bicyclic) bond motifs is 2. The zero-order valence-electron chi connectivity index (χ0n) is 36.8. The van der Waals surface area contributed by atoms with Crippen LogP contribution in [0.4, 0.5) is 34.9 Å². The van der Waals surface area contributed by atoms with Crippen molar-refractivity contribution in [3.8, 4) is 46.0 Å². The predicted molar refractivity (Wildman–Crippen MR) is 250 cm³/mol. The second-order valence-corrected chi connectivity index (χ2v) is 15.2. The molecule has 10 heterocycles. The topological polar surface area (TPSA) is 203 Å². The van der Waals surface area contributed by atoms with Crippen LogP contribution in [0.5, 0.6) is 23.3 Å². The molecular weight excluding hydrogens is 841 g/mol. The minimum atomic E-state index is 0.378. The molecule has 0 bridgehead atoms. The third-order valence-electron chi connectivity index (χ3n) is 11.3. The summed E-state index contributed by atoms with van der Waals surface area (Å²) in [5.74, 6) is 6.15. The number of hydrogen-bond acceptors (Lipinski definition) is 20. The summed E-state index contributed by atoms with van der Waals surface area (Å²) in [6.45, 7) is 6.30. The highest BCUT2D eigenvalue weighted by molar-refractivity contribution is 5.97. The van der Waals surface area contributed by atoms with Crippen molar-refractivity contribution >= 4 is 56.7 Å². The first-order chi connectivity index (χ1) is 32.5. The van der Waals surface area contributed by atoms with E-state index in [9.17, 15) is 0 Å². The Hall–Kier alpha value is -8.10. The van der Waals surface area contributed by atoms with Crippen molar-refractivity contribution in [2.24, 2.45) is 0 Å². The molecule has 66 heavy (non-hydrogen) atoms. The molecule has 20 nitrogen and oxygen atoms in total. The quantitative estimate of drug-likeness (QED) is 0.146. The van der Waals surface area contributed by atoms with Gasteiger partial charge in [-0.1, -0.05) is 12.1 Å². The fourth-order valence-corrected chi connectivity index (χ4v) is 8.11. The van der Waals surface area contributed by atoms with Crippen molar-refractivity contribution in [2.45, 2.75) is 0 Å². The Kier molecular flexibility index (Phi) is 11.8. The maximum atomic E-state index is 5.78. The number of nitrogens with zero attached hydrogens (tertiary/aromatic N) is 14. The van der Waals surface area contributed by atoms with E-state index in [1.807, 2.05) is 58.5 Å². The van der Waals surface area contributed by atoms with Crippen molar-refractivity contribution in [1.29, 1.82) is 0 Å². The highest BCUT2D eigenvalue weighted by Crippen LogP contribution is 2.40. The van der Waals surface area contributed by atoms with E-state index in [4.69, 9.17) is 58.8 Å². The minimum absolute atomic E-state index is 0.378. The van der Waals surface area contributed by atoms with Gasteiger partial charge in [-0.15, -0.1) is 0 Å². The summed E-state index contributed by atoms with van der Waals surface area (Å²) in [5, 5.41) is 12.1. The van der Waals surface area contributed by atoms with Gasteiger partial charge in [-0.25, -0.2) is 39.9 Å². The first-order valence-corrected chi connectivity index (χ1v) is 21.4. The summed E-state index contributed by atoms with van der Waals surface area (Å²) >= 11 is 0. The molecule has 0 spiro atoms. The van der Waals surface area contributed by atoms with Crippen molar-refractivity contribution in [1.82, 2.24) is 60.5 Å². The number of ether oxygens (including phenoxy) is 4. The van der Waals surface area contributed by atoms with Gasteiger partial charge in [0.1, 0.15) is 23.1 Å². The van der Waals surface area contributed by atoms with Crippen LogP contribution in [0.1, 0.15) is 0 Å². The van der Waals surface area contributed by atoms with Crippen molar-refractivity contribution in [3.05, 3.63) is 97.8 Å². The molecule has 0 radical (unpaired) electrons. The van der Waals surface area contributed by atoms with E-state index < -0.39 is 0 Å². The van der Waals surface area contributed by atoms with E-state index >= 15 is 0 Å². The van der Waals surface area contributed by atoms with Gasteiger partial charge >= 0.3 is 0 Å². The molecule has 10 rings (SSSR count). The Morgan fingerprint density at radius 2 is 0.924 bits per heavy atom. The number of rotatable bonds is 13. The number of aromatic nitrogens is 10. The first kappa shape index (κ1) is 41.9. The summed E-state index contributed by atoms with van der Waals surface area (Å²) in [6, 6.07) is 18.5. The molecule has 0 saturated carbocycles. The van der Waals surface area contributed by atoms with Gasteiger partial charge in [0.2, 0.25) is 11.8 Å². The summed E-state index contributed by atoms with van der Waals surface area (Å²) in [4.78, 5) is 53.7. The van der Waals surface area contributed by atoms with Crippen molar-refractivity contribution in [3.63, 3.8) is 0 Å². The molecule has 2 N–H and O–H groups in total. The zero-order valence-corrected chi connectivity index (χ0v) is 36.8. The van der Waals surface area contributed by atoms with Crippen LogP contribution >= 0.6 is 0 Å². The number of pyridine rings is 6. The lowest BCUT2D eigenvalue weighted by Crippen LogP contribution is -2.44. The molecule has 2 fully saturated rings. The average molecular weight is 887 g/mol. The summed E-state index contributed by atoms with van der Waals surface area (Å²) in [7, 11) is 6.40. The van der Waals surface area contributed by atoms with E-state index in [0.717, 1.165) is 74.8 Å². The Balaban J connectivity index is 1.16. The molecule has 8 aromatic rings. The lowest BCUT2D eigenvalue weighted by Gasteiger charge is -2.35. The van der Waals surface area contributed by atoms with Crippen molar-refractivity contribution in [2.75, 3.05) is 101 Å². The molecule has 8 aromatic heterocycles. The third kappa shape index (κ3) is 8.14. The summed E-state index contributed by atoms with van der Waals surface area (Å²) in [5.41, 5.74) is 2.66. The zero-order chi connectivity index (χ0) is 45.0. The second kappa shape index (κ2) is 18.6. The van der Waals surface area contributed by atoms with E-state index in [0.29, 0.717) is 80.3 Å². The normalized spacial score (nSPS) is 14.0. The van der Waals surface area contributed by atoms with Crippen molar-refractivity contribution < 1.29 is 18.9 Å². The average Bonchev–Trinajstić information content (AvgIpc) is 3.39. The molecule has 0 atom stereocenters. The van der Waals surface area contributed by atoms with Crippen LogP contribution in [0.15, 0.2) is 97.8 Å². The summed E-state index contributed by atoms with van der Waals surface area (Å²) < 4.78 is 22.9. The Labute approximate surface area is 379 Å². The fraction of sp³-hybridized carbons (Fsp3) is 0.261. The standard InChI is InChI=1S/C46H46N16O4/c1-63-33-27-49-25-31-41(33)45(59-19-15-47-16-20-59)57-43(53-31)29-11-13-51-37(23-29)61(35-7-5-9-39(55-35)65-3)62(36-8-6-10-40(56-36)66-4)38-24-30(12-14-52-38)44-54-32-26-50-28-34(64-2)42(32)46(58-44)60-21-17-48-18-22-60/h5-14,23-28,47-48H,15-22H2,1-4H3. The molecule has 0 aliphatic carbocycles. The molecule has 0 amide bonds. The number of piperazine rings is 2. The second-order valence-electron chi connectivity index (χ2n) is 15.2. The highest BCUT2D eigenvalue weighted by atomic mass is 16.5. The Morgan fingerprint density at radius 3 is 1.33 bits per heavy atom. The predicted octanol–water partition coefficient (Wildman–Crippen LogP) is 5.02. The molecule has 0 unspecified atom stereocenters. The van der Waals surface area contributed by atoms with E-state index in [1.54, 1.807) is 77.8 Å².